The van der Waals surface area contributed by atoms with E-state index in [9.17, 15) is 9.18 Å². The number of anilines is 1. The molecule has 2 aromatic rings. The van der Waals surface area contributed by atoms with Crippen LogP contribution in [-0.2, 0) is 4.79 Å². The van der Waals surface area contributed by atoms with Gasteiger partial charge in [-0.05, 0) is 56.2 Å². The van der Waals surface area contributed by atoms with Crippen LogP contribution in [0.2, 0.25) is 5.02 Å². The summed E-state index contributed by atoms with van der Waals surface area (Å²) in [5, 5.41) is 3.18. The number of carbonyl (C=O) groups is 1. The molecule has 0 aliphatic rings. The van der Waals surface area contributed by atoms with Gasteiger partial charge in [0.2, 0.25) is 0 Å². The molecule has 0 saturated carbocycles. The fraction of sp³-hybridized carbons (Fsp3) is 0.235. The summed E-state index contributed by atoms with van der Waals surface area (Å²) in [4.78, 5) is 12.1. The van der Waals surface area contributed by atoms with Crippen LogP contribution in [0.5, 0.6) is 5.75 Å². The molecule has 1 atom stereocenters. The minimum absolute atomic E-state index is 0.131. The van der Waals surface area contributed by atoms with Gasteiger partial charge in [-0.2, -0.15) is 0 Å². The molecule has 0 aliphatic carbocycles. The summed E-state index contributed by atoms with van der Waals surface area (Å²) in [6.45, 7) is 5.34. The van der Waals surface area contributed by atoms with Gasteiger partial charge in [0.25, 0.3) is 5.91 Å². The molecule has 3 nitrogen and oxygen atoms in total. The molecule has 2 rings (SSSR count). The Morgan fingerprint density at radius 1 is 1.23 bits per heavy atom. The maximum absolute atomic E-state index is 13.5. The van der Waals surface area contributed by atoms with Crippen LogP contribution in [0.25, 0.3) is 0 Å². The lowest BCUT2D eigenvalue weighted by Crippen LogP contribution is -2.30. The molecule has 1 N–H and O–H groups in total. The number of amides is 1. The molecular weight excluding hydrogens is 305 g/mol. The third-order valence-electron chi connectivity index (χ3n) is 3.22. The van der Waals surface area contributed by atoms with Crippen LogP contribution < -0.4 is 10.1 Å². The molecule has 0 spiro atoms. The largest absolute Gasteiger partial charge is 0.481 e. The van der Waals surface area contributed by atoms with Gasteiger partial charge in [-0.15, -0.1) is 0 Å². The third kappa shape index (κ3) is 3.77. The highest BCUT2D eigenvalue weighted by atomic mass is 35.5. The van der Waals surface area contributed by atoms with Gasteiger partial charge in [0.05, 0.1) is 5.69 Å². The summed E-state index contributed by atoms with van der Waals surface area (Å²) in [6, 6.07) is 9.52. The first-order chi connectivity index (χ1) is 10.4. The van der Waals surface area contributed by atoms with Gasteiger partial charge < -0.3 is 10.1 Å². The average Bonchev–Trinajstić information content (AvgIpc) is 2.47. The van der Waals surface area contributed by atoms with Crippen molar-refractivity contribution in [1.29, 1.82) is 0 Å². The Bertz CT molecular complexity index is 680. The van der Waals surface area contributed by atoms with Crippen molar-refractivity contribution < 1.29 is 13.9 Å². The molecule has 0 fully saturated rings. The van der Waals surface area contributed by atoms with Crippen LogP contribution in [0.15, 0.2) is 36.4 Å². The van der Waals surface area contributed by atoms with Crippen molar-refractivity contribution in [2.24, 2.45) is 0 Å². The monoisotopic (exact) mass is 321 g/mol. The van der Waals surface area contributed by atoms with Gasteiger partial charge in [-0.3, -0.25) is 4.79 Å². The normalized spacial score (nSPS) is 11.9. The Labute approximate surface area is 134 Å². The molecule has 0 saturated heterocycles. The number of nitrogens with one attached hydrogen (secondary N) is 1. The first kappa shape index (κ1) is 16.3. The fourth-order valence-electron chi connectivity index (χ4n) is 2.03. The minimum atomic E-state index is -0.764. The minimum Gasteiger partial charge on any atom is -0.481 e. The van der Waals surface area contributed by atoms with Crippen LogP contribution in [0.1, 0.15) is 18.1 Å². The van der Waals surface area contributed by atoms with E-state index >= 15 is 0 Å². The molecule has 5 heteroatoms. The van der Waals surface area contributed by atoms with E-state index in [0.717, 1.165) is 11.1 Å². The van der Waals surface area contributed by atoms with Crippen molar-refractivity contribution in [3.63, 3.8) is 0 Å². The standard InChI is InChI=1S/C17H17ClFNO2/c1-10-8-13(9-11(2)16(10)18)22-12(3)17(21)20-15-7-5-4-6-14(15)19/h4-9,12H,1-3H3,(H,20,21)/t12-/m1/s1. The summed E-state index contributed by atoms with van der Waals surface area (Å²) >= 11 is 6.10. The number of hydrogen-bond acceptors (Lipinski definition) is 2. The highest BCUT2D eigenvalue weighted by molar-refractivity contribution is 6.32. The maximum Gasteiger partial charge on any atom is 0.265 e. The van der Waals surface area contributed by atoms with Gasteiger partial charge in [-0.1, -0.05) is 23.7 Å². The molecule has 0 aromatic heterocycles. The maximum atomic E-state index is 13.5. The lowest BCUT2D eigenvalue weighted by molar-refractivity contribution is -0.122. The topological polar surface area (TPSA) is 38.3 Å². The predicted octanol–water partition coefficient (Wildman–Crippen LogP) is 4.50. The summed E-state index contributed by atoms with van der Waals surface area (Å²) in [5.74, 6) is -0.354. The Kier molecular flexibility index (Phi) is 5.03. The lowest BCUT2D eigenvalue weighted by atomic mass is 10.1. The molecule has 0 heterocycles. The Hall–Kier alpha value is -2.07. The molecule has 22 heavy (non-hydrogen) atoms. The number of hydrogen-bond donors (Lipinski definition) is 1. The van der Waals surface area contributed by atoms with Crippen molar-refractivity contribution in [2.45, 2.75) is 26.9 Å². The van der Waals surface area contributed by atoms with Crippen molar-refractivity contribution in [2.75, 3.05) is 5.32 Å². The number of benzene rings is 2. The van der Waals surface area contributed by atoms with Gasteiger partial charge in [0.1, 0.15) is 11.6 Å². The Morgan fingerprint density at radius 2 is 1.82 bits per heavy atom. The number of halogens is 2. The van der Waals surface area contributed by atoms with Crippen LogP contribution in [-0.4, -0.2) is 12.0 Å². The van der Waals surface area contributed by atoms with Gasteiger partial charge >= 0.3 is 0 Å². The van der Waals surface area contributed by atoms with Gasteiger partial charge in [0, 0.05) is 5.02 Å². The molecule has 0 bridgehead atoms. The zero-order chi connectivity index (χ0) is 16.3. The SMILES string of the molecule is Cc1cc(O[C@H](C)C(=O)Nc2ccccc2F)cc(C)c1Cl. The molecular formula is C17H17ClFNO2. The Balaban J connectivity index is 2.07. The second kappa shape index (κ2) is 6.79. The number of rotatable bonds is 4. The third-order valence-corrected chi connectivity index (χ3v) is 3.82. The molecule has 0 radical (unpaired) electrons. The zero-order valence-electron chi connectivity index (χ0n) is 12.6. The Morgan fingerprint density at radius 3 is 2.41 bits per heavy atom. The van der Waals surface area contributed by atoms with Gasteiger partial charge in [-0.25, -0.2) is 4.39 Å². The number of carbonyl (C=O) groups excluding carboxylic acids is 1. The summed E-state index contributed by atoms with van der Waals surface area (Å²) < 4.78 is 19.1. The van der Waals surface area contributed by atoms with E-state index in [1.54, 1.807) is 31.2 Å². The molecule has 1 amide bonds. The molecule has 0 unspecified atom stereocenters. The molecule has 116 valence electrons. The van der Waals surface area contributed by atoms with E-state index in [0.29, 0.717) is 10.8 Å². The van der Waals surface area contributed by atoms with E-state index in [1.165, 1.54) is 12.1 Å². The number of ether oxygens (including phenoxy) is 1. The van der Waals surface area contributed by atoms with Crippen molar-refractivity contribution in [3.05, 3.63) is 58.4 Å². The van der Waals surface area contributed by atoms with Crippen LogP contribution in [0.4, 0.5) is 10.1 Å². The number of para-hydroxylation sites is 1. The predicted molar refractivity (Wildman–Crippen MR) is 86.0 cm³/mol. The first-order valence-corrected chi connectivity index (χ1v) is 7.25. The smallest absolute Gasteiger partial charge is 0.265 e. The highest BCUT2D eigenvalue weighted by Gasteiger charge is 2.17. The van der Waals surface area contributed by atoms with Crippen LogP contribution in [0.3, 0.4) is 0 Å². The fourth-order valence-corrected chi connectivity index (χ4v) is 2.14. The van der Waals surface area contributed by atoms with Gasteiger partial charge in [0.15, 0.2) is 6.10 Å². The van der Waals surface area contributed by atoms with E-state index in [4.69, 9.17) is 16.3 Å². The first-order valence-electron chi connectivity index (χ1n) is 6.87. The van der Waals surface area contributed by atoms with Crippen molar-refractivity contribution in [1.82, 2.24) is 0 Å². The molecule has 2 aromatic carbocycles. The van der Waals surface area contributed by atoms with E-state index < -0.39 is 17.8 Å². The van der Waals surface area contributed by atoms with Crippen LogP contribution >= 0.6 is 11.6 Å². The van der Waals surface area contributed by atoms with E-state index in [1.807, 2.05) is 13.8 Å². The second-order valence-electron chi connectivity index (χ2n) is 5.10. The summed E-state index contributed by atoms with van der Waals surface area (Å²) in [5.41, 5.74) is 1.88. The quantitative estimate of drug-likeness (QED) is 0.900. The van der Waals surface area contributed by atoms with Crippen molar-refractivity contribution in [3.8, 4) is 5.75 Å². The summed E-state index contributed by atoms with van der Waals surface area (Å²) in [6.07, 6.45) is -0.764. The molecule has 0 aliphatic heterocycles. The van der Waals surface area contributed by atoms with E-state index in [2.05, 4.69) is 5.32 Å². The van der Waals surface area contributed by atoms with Crippen molar-refractivity contribution >= 4 is 23.2 Å². The zero-order valence-corrected chi connectivity index (χ0v) is 13.4. The second-order valence-corrected chi connectivity index (χ2v) is 5.48. The number of aryl methyl sites for hydroxylation is 2. The highest BCUT2D eigenvalue weighted by Crippen LogP contribution is 2.26. The van der Waals surface area contributed by atoms with E-state index in [-0.39, 0.29) is 5.69 Å². The van der Waals surface area contributed by atoms with Crippen LogP contribution in [0, 0.1) is 19.7 Å². The lowest BCUT2D eigenvalue weighted by Gasteiger charge is -2.16. The average molecular weight is 322 g/mol. The summed E-state index contributed by atoms with van der Waals surface area (Å²) in [7, 11) is 0.